The molecule has 1 N–H and O–H groups in total. The van der Waals surface area contributed by atoms with Gasteiger partial charge in [0.05, 0.1) is 5.92 Å². The Morgan fingerprint density at radius 2 is 1.73 bits per heavy atom. The van der Waals surface area contributed by atoms with Crippen molar-refractivity contribution >= 4 is 12.1 Å². The number of aliphatic carboxylic acids is 1. The summed E-state index contributed by atoms with van der Waals surface area (Å²) >= 11 is 0. The Balaban J connectivity index is 1.67. The molecule has 1 aliphatic heterocycles. The maximum absolute atomic E-state index is 12.4. The van der Waals surface area contributed by atoms with E-state index in [2.05, 4.69) is 6.92 Å². The van der Waals surface area contributed by atoms with Crippen molar-refractivity contribution in [1.29, 1.82) is 0 Å². The summed E-state index contributed by atoms with van der Waals surface area (Å²) in [6.07, 6.45) is 0.471. The van der Waals surface area contributed by atoms with Gasteiger partial charge in [-0.3, -0.25) is 4.79 Å². The molecule has 5 nitrogen and oxygen atoms in total. The van der Waals surface area contributed by atoms with E-state index in [9.17, 15) is 14.7 Å². The second kappa shape index (κ2) is 8.04. The van der Waals surface area contributed by atoms with Gasteiger partial charge in [0.2, 0.25) is 0 Å². The van der Waals surface area contributed by atoms with Gasteiger partial charge < -0.3 is 14.7 Å². The molecule has 26 heavy (non-hydrogen) atoms. The molecule has 1 fully saturated rings. The summed E-state index contributed by atoms with van der Waals surface area (Å²) in [4.78, 5) is 25.6. The number of hydrogen-bond donors (Lipinski definition) is 1. The van der Waals surface area contributed by atoms with Gasteiger partial charge in [0.15, 0.2) is 0 Å². The minimum atomic E-state index is -0.882. The molecule has 0 aromatic heterocycles. The van der Waals surface area contributed by atoms with Gasteiger partial charge in [-0.05, 0) is 23.1 Å². The SMILES string of the molecule is CCc1ccc(C2CN(C(=O)OCc3ccccc3)CC2C(=O)O)cc1. The molecule has 2 unspecified atom stereocenters. The number of carboxylic acid groups (broad SMARTS) is 1. The van der Waals surface area contributed by atoms with Gasteiger partial charge in [-0.1, -0.05) is 61.5 Å². The summed E-state index contributed by atoms with van der Waals surface area (Å²) in [5, 5.41) is 9.57. The third-order valence-electron chi connectivity index (χ3n) is 4.92. The summed E-state index contributed by atoms with van der Waals surface area (Å²) < 4.78 is 5.35. The van der Waals surface area contributed by atoms with Gasteiger partial charge in [-0.15, -0.1) is 0 Å². The number of aryl methyl sites for hydroxylation is 1. The lowest BCUT2D eigenvalue weighted by molar-refractivity contribution is -0.141. The van der Waals surface area contributed by atoms with Crippen LogP contribution in [0.3, 0.4) is 0 Å². The fourth-order valence-electron chi connectivity index (χ4n) is 3.35. The molecule has 2 aromatic carbocycles. The van der Waals surface area contributed by atoms with E-state index in [4.69, 9.17) is 4.74 Å². The smallest absolute Gasteiger partial charge is 0.410 e. The fraction of sp³-hybridized carbons (Fsp3) is 0.333. The molecule has 5 heteroatoms. The highest BCUT2D eigenvalue weighted by Crippen LogP contribution is 2.33. The Hall–Kier alpha value is -2.82. The first kappa shape index (κ1) is 18.0. The summed E-state index contributed by atoms with van der Waals surface area (Å²) in [6.45, 7) is 2.79. The van der Waals surface area contributed by atoms with E-state index in [1.807, 2.05) is 54.6 Å². The van der Waals surface area contributed by atoms with Crippen LogP contribution in [0.15, 0.2) is 54.6 Å². The molecule has 0 radical (unpaired) electrons. The number of ether oxygens (including phenoxy) is 1. The number of carboxylic acids is 1. The molecule has 2 atom stereocenters. The van der Waals surface area contributed by atoms with Crippen molar-refractivity contribution in [3.8, 4) is 0 Å². The molecule has 0 saturated carbocycles. The number of benzene rings is 2. The van der Waals surface area contributed by atoms with Gasteiger partial charge in [-0.2, -0.15) is 0 Å². The van der Waals surface area contributed by atoms with Crippen LogP contribution < -0.4 is 0 Å². The van der Waals surface area contributed by atoms with Crippen LogP contribution in [0, 0.1) is 5.92 Å². The molecular formula is C21H23NO4. The predicted molar refractivity (Wildman–Crippen MR) is 97.9 cm³/mol. The Labute approximate surface area is 153 Å². The molecule has 0 bridgehead atoms. The van der Waals surface area contributed by atoms with Crippen LogP contribution in [-0.4, -0.2) is 35.2 Å². The fourth-order valence-corrected chi connectivity index (χ4v) is 3.35. The van der Waals surface area contributed by atoms with Crippen molar-refractivity contribution in [2.24, 2.45) is 5.92 Å². The highest BCUT2D eigenvalue weighted by atomic mass is 16.6. The van der Waals surface area contributed by atoms with Gasteiger partial charge in [0, 0.05) is 19.0 Å². The standard InChI is InChI=1S/C21H23NO4/c1-2-15-8-10-17(11-9-15)18-12-22(13-19(18)20(23)24)21(25)26-14-16-6-4-3-5-7-16/h3-11,18-19H,2,12-14H2,1H3,(H,23,24). The van der Waals surface area contributed by atoms with E-state index in [1.54, 1.807) is 0 Å². The number of nitrogens with zero attached hydrogens (tertiary/aromatic N) is 1. The van der Waals surface area contributed by atoms with Crippen molar-refractivity contribution in [2.45, 2.75) is 25.9 Å². The van der Waals surface area contributed by atoms with Crippen LogP contribution in [0.1, 0.15) is 29.5 Å². The third kappa shape index (κ3) is 4.04. The monoisotopic (exact) mass is 353 g/mol. The first-order valence-electron chi connectivity index (χ1n) is 8.85. The Kier molecular flexibility index (Phi) is 5.56. The number of rotatable bonds is 5. The zero-order valence-corrected chi connectivity index (χ0v) is 14.8. The lowest BCUT2D eigenvalue weighted by atomic mass is 9.88. The van der Waals surface area contributed by atoms with Crippen LogP contribution in [0.5, 0.6) is 0 Å². The van der Waals surface area contributed by atoms with Crippen LogP contribution in [0.2, 0.25) is 0 Å². The predicted octanol–water partition coefficient (Wildman–Crippen LogP) is 3.69. The summed E-state index contributed by atoms with van der Waals surface area (Å²) in [6, 6.07) is 17.4. The number of amides is 1. The third-order valence-corrected chi connectivity index (χ3v) is 4.92. The maximum Gasteiger partial charge on any atom is 0.410 e. The Morgan fingerprint density at radius 1 is 1.04 bits per heavy atom. The van der Waals surface area contributed by atoms with Crippen molar-refractivity contribution in [2.75, 3.05) is 13.1 Å². The number of carbonyl (C=O) groups is 2. The quantitative estimate of drug-likeness (QED) is 0.890. The summed E-state index contributed by atoms with van der Waals surface area (Å²) in [7, 11) is 0. The molecule has 3 rings (SSSR count). The molecule has 1 saturated heterocycles. The van der Waals surface area contributed by atoms with E-state index >= 15 is 0 Å². The average molecular weight is 353 g/mol. The van der Waals surface area contributed by atoms with Crippen molar-refractivity contribution in [3.63, 3.8) is 0 Å². The summed E-state index contributed by atoms with van der Waals surface area (Å²) in [5.74, 6) is -1.72. The van der Waals surface area contributed by atoms with Crippen LogP contribution in [-0.2, 0) is 22.6 Å². The zero-order valence-electron chi connectivity index (χ0n) is 14.8. The van der Waals surface area contributed by atoms with Gasteiger partial charge in [-0.25, -0.2) is 4.79 Å². The first-order valence-corrected chi connectivity index (χ1v) is 8.85. The number of carbonyl (C=O) groups excluding carboxylic acids is 1. The van der Waals surface area contributed by atoms with E-state index < -0.39 is 18.0 Å². The molecular weight excluding hydrogens is 330 g/mol. The second-order valence-electron chi connectivity index (χ2n) is 6.59. The lowest BCUT2D eigenvalue weighted by Gasteiger charge is -2.16. The Bertz CT molecular complexity index is 757. The summed E-state index contributed by atoms with van der Waals surface area (Å²) in [5.41, 5.74) is 3.06. The van der Waals surface area contributed by atoms with Gasteiger partial charge in [0.25, 0.3) is 0 Å². The van der Waals surface area contributed by atoms with E-state index in [-0.39, 0.29) is 19.1 Å². The van der Waals surface area contributed by atoms with Crippen LogP contribution in [0.25, 0.3) is 0 Å². The maximum atomic E-state index is 12.4. The molecule has 1 amide bonds. The van der Waals surface area contributed by atoms with Gasteiger partial charge in [0.1, 0.15) is 6.61 Å². The number of hydrogen-bond acceptors (Lipinski definition) is 3. The van der Waals surface area contributed by atoms with E-state index in [1.165, 1.54) is 10.5 Å². The molecule has 136 valence electrons. The van der Waals surface area contributed by atoms with Crippen LogP contribution in [0.4, 0.5) is 4.79 Å². The molecule has 1 aliphatic rings. The normalized spacial score (nSPS) is 19.3. The molecule has 0 spiro atoms. The highest BCUT2D eigenvalue weighted by Gasteiger charge is 2.41. The minimum absolute atomic E-state index is 0.170. The molecule has 2 aromatic rings. The number of likely N-dealkylation sites (tertiary alicyclic amines) is 1. The largest absolute Gasteiger partial charge is 0.481 e. The van der Waals surface area contributed by atoms with Crippen molar-refractivity contribution in [1.82, 2.24) is 4.90 Å². The van der Waals surface area contributed by atoms with Crippen molar-refractivity contribution < 1.29 is 19.4 Å². The first-order chi connectivity index (χ1) is 12.6. The van der Waals surface area contributed by atoms with Crippen LogP contribution >= 0.6 is 0 Å². The highest BCUT2D eigenvalue weighted by molar-refractivity contribution is 5.75. The van der Waals surface area contributed by atoms with E-state index in [0.717, 1.165) is 17.5 Å². The second-order valence-corrected chi connectivity index (χ2v) is 6.59. The topological polar surface area (TPSA) is 66.8 Å². The van der Waals surface area contributed by atoms with E-state index in [0.29, 0.717) is 6.54 Å². The zero-order chi connectivity index (χ0) is 18.5. The molecule has 1 heterocycles. The van der Waals surface area contributed by atoms with Crippen molar-refractivity contribution in [3.05, 3.63) is 71.3 Å². The molecule has 0 aliphatic carbocycles. The minimum Gasteiger partial charge on any atom is -0.481 e. The van der Waals surface area contributed by atoms with Gasteiger partial charge >= 0.3 is 12.1 Å². The lowest BCUT2D eigenvalue weighted by Crippen LogP contribution is -2.30. The average Bonchev–Trinajstić information content (AvgIpc) is 3.13. The Morgan fingerprint density at radius 3 is 2.35 bits per heavy atom.